The summed E-state index contributed by atoms with van der Waals surface area (Å²) in [5.41, 5.74) is 0. The summed E-state index contributed by atoms with van der Waals surface area (Å²) >= 11 is 0. The van der Waals surface area contributed by atoms with E-state index in [2.05, 4.69) is 34.2 Å². The molecule has 0 amide bonds. The molecule has 2 heterocycles. The molecule has 2 aliphatic rings. The van der Waals surface area contributed by atoms with Crippen LogP contribution in [0, 0.1) is 5.92 Å². The Labute approximate surface area is 114 Å². The van der Waals surface area contributed by atoms with Gasteiger partial charge in [0.2, 0.25) is 5.89 Å². The lowest BCUT2D eigenvalue weighted by Gasteiger charge is -2.30. The van der Waals surface area contributed by atoms with Crippen LogP contribution in [-0.4, -0.2) is 41.2 Å². The number of piperazine rings is 1. The second-order valence-corrected chi connectivity index (χ2v) is 6.07. The Hall–Kier alpha value is -0.940. The van der Waals surface area contributed by atoms with Gasteiger partial charge in [0.05, 0.1) is 6.04 Å². The highest BCUT2D eigenvalue weighted by molar-refractivity contribution is 5.01. The van der Waals surface area contributed by atoms with Crippen molar-refractivity contribution in [2.24, 2.45) is 5.92 Å². The van der Waals surface area contributed by atoms with E-state index in [-0.39, 0.29) is 6.04 Å². The predicted octanol–water partition coefficient (Wildman–Crippen LogP) is 1.94. The van der Waals surface area contributed by atoms with E-state index in [0.717, 1.165) is 43.8 Å². The second kappa shape index (κ2) is 5.59. The van der Waals surface area contributed by atoms with Gasteiger partial charge >= 0.3 is 0 Å². The molecule has 106 valence electrons. The zero-order valence-electron chi connectivity index (χ0n) is 11.9. The van der Waals surface area contributed by atoms with E-state index in [4.69, 9.17) is 4.52 Å². The third kappa shape index (κ3) is 2.82. The summed E-state index contributed by atoms with van der Waals surface area (Å²) in [6, 6.07) is 0.238. The van der Waals surface area contributed by atoms with E-state index < -0.39 is 0 Å². The van der Waals surface area contributed by atoms with Crippen molar-refractivity contribution in [3.05, 3.63) is 11.7 Å². The normalized spacial score (nSPS) is 30.6. The van der Waals surface area contributed by atoms with Gasteiger partial charge in [0.15, 0.2) is 5.82 Å². The van der Waals surface area contributed by atoms with Crippen LogP contribution in [0.4, 0.5) is 0 Å². The van der Waals surface area contributed by atoms with Gasteiger partial charge in [-0.15, -0.1) is 0 Å². The highest BCUT2D eigenvalue weighted by Gasteiger charge is 2.29. The summed E-state index contributed by atoms with van der Waals surface area (Å²) in [6.07, 6.45) is 3.71. The Kier molecular flexibility index (Phi) is 3.84. The molecule has 0 bridgehead atoms. The maximum atomic E-state index is 5.50. The van der Waals surface area contributed by atoms with Crippen molar-refractivity contribution in [3.8, 4) is 0 Å². The summed E-state index contributed by atoms with van der Waals surface area (Å²) in [5, 5.41) is 7.59. The summed E-state index contributed by atoms with van der Waals surface area (Å²) in [6.45, 7) is 8.68. The summed E-state index contributed by atoms with van der Waals surface area (Å²) in [7, 11) is 0. The third-order valence-electron chi connectivity index (χ3n) is 4.57. The molecule has 2 fully saturated rings. The molecule has 1 aliphatic carbocycles. The average molecular weight is 264 g/mol. The molecule has 5 nitrogen and oxygen atoms in total. The largest absolute Gasteiger partial charge is 0.338 e. The molecule has 0 radical (unpaired) electrons. The lowest BCUT2D eigenvalue weighted by atomic mass is 10.1. The SMILES string of the molecule is CC1CCC(c2noc(C(C)N3CCNCC3)n2)C1. The van der Waals surface area contributed by atoms with Crippen LogP contribution in [0.1, 0.15) is 56.8 Å². The van der Waals surface area contributed by atoms with Crippen molar-refractivity contribution in [3.63, 3.8) is 0 Å². The number of aromatic nitrogens is 2. The molecule has 3 rings (SSSR count). The fraction of sp³-hybridized carbons (Fsp3) is 0.857. The van der Waals surface area contributed by atoms with E-state index >= 15 is 0 Å². The fourth-order valence-corrected chi connectivity index (χ4v) is 3.25. The Morgan fingerprint density at radius 2 is 2.11 bits per heavy atom. The molecule has 1 aromatic heterocycles. The Balaban J connectivity index is 1.66. The zero-order valence-corrected chi connectivity index (χ0v) is 11.9. The molecular weight excluding hydrogens is 240 g/mol. The van der Waals surface area contributed by atoms with Gasteiger partial charge in [0, 0.05) is 32.1 Å². The van der Waals surface area contributed by atoms with Crippen molar-refractivity contribution in [2.45, 2.75) is 45.1 Å². The first-order valence-electron chi connectivity index (χ1n) is 7.52. The number of nitrogens with one attached hydrogen (secondary N) is 1. The van der Waals surface area contributed by atoms with Crippen molar-refractivity contribution in [1.29, 1.82) is 0 Å². The molecule has 0 spiro atoms. The minimum atomic E-state index is 0.238. The lowest BCUT2D eigenvalue weighted by Crippen LogP contribution is -2.44. The predicted molar refractivity (Wildman–Crippen MR) is 72.9 cm³/mol. The third-order valence-corrected chi connectivity index (χ3v) is 4.57. The lowest BCUT2D eigenvalue weighted by molar-refractivity contribution is 0.154. The molecule has 0 aromatic carbocycles. The van der Waals surface area contributed by atoms with Crippen LogP contribution in [0.3, 0.4) is 0 Å². The molecule has 1 aliphatic heterocycles. The monoisotopic (exact) mass is 264 g/mol. The van der Waals surface area contributed by atoms with Gasteiger partial charge < -0.3 is 9.84 Å². The minimum Gasteiger partial charge on any atom is -0.338 e. The zero-order chi connectivity index (χ0) is 13.2. The van der Waals surface area contributed by atoms with Gasteiger partial charge in [-0.05, 0) is 32.1 Å². The minimum absolute atomic E-state index is 0.238. The standard InChI is InChI=1S/C14H24N4O/c1-10-3-4-12(9-10)13-16-14(19-17-13)11(2)18-7-5-15-6-8-18/h10-12,15H,3-9H2,1-2H3. The van der Waals surface area contributed by atoms with Crippen LogP contribution in [0.15, 0.2) is 4.52 Å². The summed E-state index contributed by atoms with van der Waals surface area (Å²) in [4.78, 5) is 7.07. The van der Waals surface area contributed by atoms with Gasteiger partial charge in [-0.2, -0.15) is 4.98 Å². The van der Waals surface area contributed by atoms with Crippen LogP contribution in [-0.2, 0) is 0 Å². The molecule has 1 saturated carbocycles. The van der Waals surface area contributed by atoms with Gasteiger partial charge in [0.25, 0.3) is 0 Å². The van der Waals surface area contributed by atoms with E-state index in [1.54, 1.807) is 0 Å². The van der Waals surface area contributed by atoms with Crippen molar-refractivity contribution in [2.75, 3.05) is 26.2 Å². The van der Waals surface area contributed by atoms with Gasteiger partial charge in [0.1, 0.15) is 0 Å². The van der Waals surface area contributed by atoms with Crippen molar-refractivity contribution >= 4 is 0 Å². The molecule has 1 aromatic rings. The number of hydrogen-bond acceptors (Lipinski definition) is 5. The summed E-state index contributed by atoms with van der Waals surface area (Å²) < 4.78 is 5.50. The molecule has 3 unspecified atom stereocenters. The Morgan fingerprint density at radius 3 is 2.79 bits per heavy atom. The quantitative estimate of drug-likeness (QED) is 0.904. The highest BCUT2D eigenvalue weighted by atomic mass is 16.5. The molecule has 3 atom stereocenters. The molecule has 5 heteroatoms. The average Bonchev–Trinajstić information content (AvgIpc) is 3.07. The maximum Gasteiger partial charge on any atom is 0.243 e. The first-order valence-corrected chi connectivity index (χ1v) is 7.52. The van der Waals surface area contributed by atoms with Crippen LogP contribution in [0.25, 0.3) is 0 Å². The number of rotatable bonds is 3. The fourth-order valence-electron chi connectivity index (χ4n) is 3.25. The Bertz CT molecular complexity index is 413. The molecular formula is C14H24N4O. The highest BCUT2D eigenvalue weighted by Crippen LogP contribution is 2.36. The van der Waals surface area contributed by atoms with Crippen molar-refractivity contribution in [1.82, 2.24) is 20.4 Å². The van der Waals surface area contributed by atoms with Crippen LogP contribution in [0.2, 0.25) is 0 Å². The first-order chi connectivity index (χ1) is 9.24. The van der Waals surface area contributed by atoms with Crippen molar-refractivity contribution < 1.29 is 4.52 Å². The van der Waals surface area contributed by atoms with E-state index in [9.17, 15) is 0 Å². The van der Waals surface area contributed by atoms with E-state index in [0.29, 0.717) is 5.92 Å². The van der Waals surface area contributed by atoms with Gasteiger partial charge in [-0.1, -0.05) is 12.1 Å². The van der Waals surface area contributed by atoms with E-state index in [1.165, 1.54) is 19.3 Å². The van der Waals surface area contributed by atoms with Gasteiger partial charge in [-0.25, -0.2) is 0 Å². The van der Waals surface area contributed by atoms with Crippen LogP contribution in [0.5, 0.6) is 0 Å². The smallest absolute Gasteiger partial charge is 0.243 e. The molecule has 19 heavy (non-hydrogen) atoms. The van der Waals surface area contributed by atoms with Crippen LogP contribution < -0.4 is 5.32 Å². The summed E-state index contributed by atoms with van der Waals surface area (Å²) in [5.74, 6) is 3.04. The molecule has 1 saturated heterocycles. The topological polar surface area (TPSA) is 54.2 Å². The first kappa shape index (κ1) is 13.1. The molecule has 1 N–H and O–H groups in total. The maximum absolute atomic E-state index is 5.50. The van der Waals surface area contributed by atoms with Gasteiger partial charge in [-0.3, -0.25) is 4.90 Å². The van der Waals surface area contributed by atoms with Crippen LogP contribution >= 0.6 is 0 Å². The Morgan fingerprint density at radius 1 is 1.32 bits per heavy atom. The van der Waals surface area contributed by atoms with E-state index in [1.807, 2.05) is 0 Å². The second-order valence-electron chi connectivity index (χ2n) is 6.07. The number of hydrogen-bond donors (Lipinski definition) is 1. The number of nitrogens with zero attached hydrogens (tertiary/aromatic N) is 3.